The summed E-state index contributed by atoms with van der Waals surface area (Å²) in [5.41, 5.74) is -2.12. The highest BCUT2D eigenvalue weighted by Gasteiger charge is 2.19. The van der Waals surface area contributed by atoms with Crippen LogP contribution in [0.2, 0.25) is 0 Å². The number of ether oxygens (including phenoxy) is 2. The van der Waals surface area contributed by atoms with Crippen LogP contribution in [0.25, 0.3) is 22.9 Å². The number of nitrogens with zero attached hydrogens (tertiary/aromatic N) is 1. The van der Waals surface area contributed by atoms with Gasteiger partial charge in [0.05, 0.1) is 17.6 Å². The van der Waals surface area contributed by atoms with Crippen LogP contribution in [0.3, 0.4) is 0 Å². The van der Waals surface area contributed by atoms with Crippen LogP contribution >= 0.6 is 0 Å². The van der Waals surface area contributed by atoms with Gasteiger partial charge >= 0.3 is 22.9 Å². The molecule has 0 saturated heterocycles. The number of nitro groups is 1. The van der Waals surface area contributed by atoms with Crippen molar-refractivity contribution in [2.45, 2.75) is 0 Å². The van der Waals surface area contributed by atoms with Crippen molar-refractivity contribution in [2.24, 2.45) is 0 Å². The number of hydrogen-bond donors (Lipinski definition) is 2. The molecule has 0 radical (unpaired) electrons. The zero-order valence-corrected chi connectivity index (χ0v) is 17.7. The minimum Gasteiger partial charge on any atom is -0.493 e. The molecule has 170 valence electrons. The SMILES string of the molecule is COc1cc(/C=C/c2[nH]c(=O)[nH]c(=O)c2[N+](=O)[O-])ccc1OC(=O)c1cccc2ccccc12. The van der Waals surface area contributed by atoms with Crippen molar-refractivity contribution in [1.29, 1.82) is 0 Å². The summed E-state index contributed by atoms with van der Waals surface area (Å²) in [5.74, 6) is -0.145. The number of carbonyl (C=O) groups excluding carboxylic acids is 1. The molecule has 1 aromatic heterocycles. The molecule has 1 heterocycles. The second-order valence-electron chi connectivity index (χ2n) is 7.09. The lowest BCUT2D eigenvalue weighted by Crippen LogP contribution is -2.25. The normalized spacial score (nSPS) is 11.0. The summed E-state index contributed by atoms with van der Waals surface area (Å²) in [6, 6.07) is 17.4. The van der Waals surface area contributed by atoms with Gasteiger partial charge < -0.3 is 14.5 Å². The van der Waals surface area contributed by atoms with Crippen LogP contribution in [0.1, 0.15) is 21.6 Å². The minimum atomic E-state index is -1.11. The highest BCUT2D eigenvalue weighted by Crippen LogP contribution is 2.30. The van der Waals surface area contributed by atoms with Gasteiger partial charge in [0, 0.05) is 0 Å². The summed E-state index contributed by atoms with van der Waals surface area (Å²) in [6.07, 6.45) is 2.67. The van der Waals surface area contributed by atoms with Gasteiger partial charge in [-0.2, -0.15) is 0 Å². The zero-order chi connectivity index (χ0) is 24.2. The number of esters is 1. The van der Waals surface area contributed by atoms with Gasteiger partial charge in [-0.05, 0) is 40.6 Å². The number of carbonyl (C=O) groups is 1. The summed E-state index contributed by atoms with van der Waals surface area (Å²) in [7, 11) is 1.40. The first-order chi connectivity index (χ1) is 16.4. The van der Waals surface area contributed by atoms with E-state index >= 15 is 0 Å². The fourth-order valence-corrected chi connectivity index (χ4v) is 3.41. The molecule has 0 saturated carbocycles. The maximum Gasteiger partial charge on any atom is 0.357 e. The second kappa shape index (κ2) is 9.25. The van der Waals surface area contributed by atoms with E-state index in [0.717, 1.165) is 10.8 Å². The number of aromatic amines is 2. The van der Waals surface area contributed by atoms with E-state index in [1.165, 1.54) is 25.3 Å². The Bertz CT molecular complexity index is 1560. The van der Waals surface area contributed by atoms with Gasteiger partial charge in [0.15, 0.2) is 11.5 Å². The number of rotatable bonds is 6. The molecule has 0 aliphatic carbocycles. The maximum atomic E-state index is 12.8. The van der Waals surface area contributed by atoms with Crippen LogP contribution in [0.15, 0.2) is 70.3 Å². The molecule has 0 bridgehead atoms. The molecule has 34 heavy (non-hydrogen) atoms. The summed E-state index contributed by atoms with van der Waals surface area (Å²) >= 11 is 0. The topological polar surface area (TPSA) is 144 Å². The Balaban J connectivity index is 1.63. The molecule has 3 aromatic carbocycles. The van der Waals surface area contributed by atoms with Gasteiger partial charge in [-0.3, -0.25) is 19.9 Å². The predicted molar refractivity (Wildman–Crippen MR) is 125 cm³/mol. The number of fused-ring (bicyclic) bond motifs is 1. The Hall–Kier alpha value is -4.99. The highest BCUT2D eigenvalue weighted by molar-refractivity contribution is 6.05. The lowest BCUT2D eigenvalue weighted by atomic mass is 10.0. The first-order valence-electron chi connectivity index (χ1n) is 9.94. The molecule has 2 N–H and O–H groups in total. The smallest absolute Gasteiger partial charge is 0.357 e. The van der Waals surface area contributed by atoms with Crippen LogP contribution in [0, 0.1) is 10.1 Å². The van der Waals surface area contributed by atoms with Crippen molar-refractivity contribution in [3.63, 3.8) is 0 Å². The average molecular weight is 459 g/mol. The molecular weight excluding hydrogens is 442 g/mol. The Morgan fingerprint density at radius 1 is 0.971 bits per heavy atom. The quantitative estimate of drug-likeness (QED) is 0.194. The molecule has 0 atom stereocenters. The van der Waals surface area contributed by atoms with E-state index in [4.69, 9.17) is 9.47 Å². The molecule has 0 aliphatic rings. The van der Waals surface area contributed by atoms with Crippen molar-refractivity contribution >= 4 is 34.6 Å². The van der Waals surface area contributed by atoms with Crippen molar-refractivity contribution in [3.8, 4) is 11.5 Å². The number of H-pyrrole nitrogens is 2. The lowest BCUT2D eigenvalue weighted by molar-refractivity contribution is -0.386. The Labute approximate surface area is 191 Å². The fraction of sp³-hybridized carbons (Fsp3) is 0.0417. The summed E-state index contributed by atoms with van der Waals surface area (Å²) < 4.78 is 10.9. The second-order valence-corrected chi connectivity index (χ2v) is 7.09. The van der Waals surface area contributed by atoms with Gasteiger partial charge in [-0.1, -0.05) is 48.5 Å². The number of hydrogen-bond acceptors (Lipinski definition) is 7. The predicted octanol–water partition coefficient (Wildman–Crippen LogP) is 3.52. The molecule has 10 nitrogen and oxygen atoms in total. The molecule has 0 unspecified atom stereocenters. The average Bonchev–Trinajstić information content (AvgIpc) is 2.82. The van der Waals surface area contributed by atoms with Gasteiger partial charge in [0.1, 0.15) is 5.69 Å². The first kappa shape index (κ1) is 22.2. The molecule has 10 heteroatoms. The molecule has 0 aliphatic heterocycles. The van der Waals surface area contributed by atoms with Crippen molar-refractivity contribution < 1.29 is 19.2 Å². The van der Waals surface area contributed by atoms with Crippen LogP contribution in [0.4, 0.5) is 5.69 Å². The van der Waals surface area contributed by atoms with E-state index in [2.05, 4.69) is 4.98 Å². The van der Waals surface area contributed by atoms with E-state index in [-0.39, 0.29) is 17.2 Å². The van der Waals surface area contributed by atoms with E-state index in [0.29, 0.717) is 11.1 Å². The summed E-state index contributed by atoms with van der Waals surface area (Å²) in [5, 5.41) is 12.8. The van der Waals surface area contributed by atoms with E-state index in [9.17, 15) is 24.5 Å². The van der Waals surface area contributed by atoms with E-state index in [1.807, 2.05) is 35.3 Å². The summed E-state index contributed by atoms with van der Waals surface area (Å²) in [6.45, 7) is 0. The largest absolute Gasteiger partial charge is 0.493 e. The number of nitrogens with one attached hydrogen (secondary N) is 2. The van der Waals surface area contributed by atoms with Crippen molar-refractivity contribution in [1.82, 2.24) is 9.97 Å². The monoisotopic (exact) mass is 459 g/mol. The van der Waals surface area contributed by atoms with Crippen LogP contribution in [-0.2, 0) is 0 Å². The van der Waals surface area contributed by atoms with Crippen LogP contribution in [0.5, 0.6) is 11.5 Å². The molecule has 0 fully saturated rings. The maximum absolute atomic E-state index is 12.8. The summed E-state index contributed by atoms with van der Waals surface area (Å²) in [4.78, 5) is 50.4. The van der Waals surface area contributed by atoms with Crippen LogP contribution < -0.4 is 20.7 Å². The van der Waals surface area contributed by atoms with Crippen LogP contribution in [-0.4, -0.2) is 28.0 Å². The third-order valence-corrected chi connectivity index (χ3v) is 4.97. The molecule has 0 spiro atoms. The zero-order valence-electron chi connectivity index (χ0n) is 17.7. The lowest BCUT2D eigenvalue weighted by Gasteiger charge is -2.11. The standard InChI is InChI=1S/C24H17N3O7/c1-33-20-13-14(9-11-18-21(27(31)32)22(28)26-24(30)25-18)10-12-19(20)34-23(29)17-8-4-6-15-5-2-3-7-16(15)17/h2-13H,1H3,(H2,25,26,28,30)/b11-9+. The van der Waals surface area contributed by atoms with Gasteiger partial charge in [0.25, 0.3) is 0 Å². The van der Waals surface area contributed by atoms with E-state index < -0.39 is 27.8 Å². The number of aromatic nitrogens is 2. The third-order valence-electron chi connectivity index (χ3n) is 4.97. The highest BCUT2D eigenvalue weighted by atomic mass is 16.6. The Morgan fingerprint density at radius 2 is 1.74 bits per heavy atom. The molecular formula is C24H17N3O7. The minimum absolute atomic E-state index is 0.174. The van der Waals surface area contributed by atoms with Crippen molar-refractivity contribution in [3.05, 3.63) is 108 Å². The van der Waals surface area contributed by atoms with Gasteiger partial charge in [-0.15, -0.1) is 0 Å². The number of methoxy groups -OCH3 is 1. The Morgan fingerprint density at radius 3 is 2.50 bits per heavy atom. The third kappa shape index (κ3) is 4.46. The van der Waals surface area contributed by atoms with E-state index in [1.54, 1.807) is 24.3 Å². The molecule has 0 amide bonds. The molecule has 4 aromatic rings. The van der Waals surface area contributed by atoms with Crippen molar-refractivity contribution in [2.75, 3.05) is 7.11 Å². The fourth-order valence-electron chi connectivity index (χ4n) is 3.41. The molecule has 4 rings (SSSR count). The van der Waals surface area contributed by atoms with Gasteiger partial charge in [-0.25, -0.2) is 9.59 Å². The number of benzene rings is 3. The first-order valence-corrected chi connectivity index (χ1v) is 9.94. The van der Waals surface area contributed by atoms with Gasteiger partial charge in [0.2, 0.25) is 0 Å². The Kier molecular flexibility index (Phi) is 6.04.